The largest absolute Gasteiger partial charge is 0.329 e. The highest BCUT2D eigenvalue weighted by atomic mass is 15.1. The Hall–Kier alpha value is -0.0800. The Balaban J connectivity index is 1.96. The molecule has 88 valence electrons. The molecule has 0 aromatic rings. The van der Waals surface area contributed by atoms with Crippen LogP contribution in [0.15, 0.2) is 0 Å². The van der Waals surface area contributed by atoms with E-state index in [2.05, 4.69) is 19.2 Å². The van der Waals surface area contributed by atoms with Gasteiger partial charge in [-0.25, -0.2) is 0 Å². The summed E-state index contributed by atoms with van der Waals surface area (Å²) in [4.78, 5) is 0. The third-order valence-corrected chi connectivity index (χ3v) is 4.30. The Labute approximate surface area is 94.0 Å². The summed E-state index contributed by atoms with van der Waals surface area (Å²) in [5, 5.41) is 3.82. The van der Waals surface area contributed by atoms with Gasteiger partial charge in [-0.3, -0.25) is 0 Å². The molecule has 2 saturated carbocycles. The van der Waals surface area contributed by atoms with Crippen LogP contribution in [0.25, 0.3) is 0 Å². The molecule has 2 unspecified atom stereocenters. The second kappa shape index (κ2) is 4.42. The second-order valence-corrected chi connectivity index (χ2v) is 6.00. The van der Waals surface area contributed by atoms with Gasteiger partial charge in [0.1, 0.15) is 0 Å². The Bertz CT molecular complexity index is 211. The fourth-order valence-corrected chi connectivity index (χ4v) is 3.01. The topological polar surface area (TPSA) is 38.0 Å². The lowest BCUT2D eigenvalue weighted by Crippen LogP contribution is -2.55. The van der Waals surface area contributed by atoms with Crippen molar-refractivity contribution in [1.82, 2.24) is 5.32 Å². The molecule has 2 aliphatic carbocycles. The maximum Gasteiger partial charge on any atom is 0.0309 e. The number of hydrogen-bond donors (Lipinski definition) is 2. The van der Waals surface area contributed by atoms with Gasteiger partial charge in [0.15, 0.2) is 0 Å². The van der Waals surface area contributed by atoms with E-state index < -0.39 is 0 Å². The summed E-state index contributed by atoms with van der Waals surface area (Å²) in [5.74, 6) is 1.70. The predicted molar refractivity (Wildman–Crippen MR) is 64.7 cm³/mol. The lowest BCUT2D eigenvalue weighted by molar-refractivity contribution is 0.151. The molecule has 2 nitrogen and oxygen atoms in total. The van der Waals surface area contributed by atoms with Crippen LogP contribution in [0.4, 0.5) is 0 Å². The quantitative estimate of drug-likeness (QED) is 0.747. The molecule has 2 fully saturated rings. The van der Waals surface area contributed by atoms with Crippen LogP contribution in [0.3, 0.4) is 0 Å². The van der Waals surface area contributed by atoms with Gasteiger partial charge in [0.25, 0.3) is 0 Å². The maximum atomic E-state index is 6.01. The van der Waals surface area contributed by atoms with Gasteiger partial charge < -0.3 is 11.1 Å². The van der Waals surface area contributed by atoms with Crippen molar-refractivity contribution in [2.45, 2.75) is 64.0 Å². The molecule has 0 radical (unpaired) electrons. The standard InChI is InChI=1S/C13H26N2/c1-10(2)11-4-3-7-13(8-11,9-14)15-12-5-6-12/h10-12,15H,3-9,14H2,1-2H3. The third-order valence-electron chi connectivity index (χ3n) is 4.30. The Morgan fingerprint density at radius 2 is 2.07 bits per heavy atom. The predicted octanol–water partition coefficient (Wildman–Crippen LogP) is 2.28. The van der Waals surface area contributed by atoms with Crippen LogP contribution in [-0.4, -0.2) is 18.1 Å². The van der Waals surface area contributed by atoms with E-state index in [9.17, 15) is 0 Å². The van der Waals surface area contributed by atoms with Crippen LogP contribution in [0, 0.1) is 11.8 Å². The molecule has 2 aliphatic rings. The van der Waals surface area contributed by atoms with Crippen molar-refractivity contribution in [3.8, 4) is 0 Å². The molecule has 0 aromatic carbocycles. The van der Waals surface area contributed by atoms with E-state index in [1.165, 1.54) is 38.5 Å². The van der Waals surface area contributed by atoms with Crippen molar-refractivity contribution >= 4 is 0 Å². The highest BCUT2D eigenvalue weighted by Crippen LogP contribution is 2.38. The molecule has 3 N–H and O–H groups in total. The minimum Gasteiger partial charge on any atom is -0.329 e. The van der Waals surface area contributed by atoms with Crippen LogP contribution in [0.1, 0.15) is 52.4 Å². The molecule has 15 heavy (non-hydrogen) atoms. The van der Waals surface area contributed by atoms with Crippen molar-refractivity contribution < 1.29 is 0 Å². The van der Waals surface area contributed by atoms with Crippen molar-refractivity contribution in [1.29, 1.82) is 0 Å². The van der Waals surface area contributed by atoms with Crippen molar-refractivity contribution in [2.75, 3.05) is 6.54 Å². The first-order valence-electron chi connectivity index (χ1n) is 6.63. The van der Waals surface area contributed by atoms with Gasteiger partial charge in [0.2, 0.25) is 0 Å². The van der Waals surface area contributed by atoms with Crippen LogP contribution in [-0.2, 0) is 0 Å². The van der Waals surface area contributed by atoms with Crippen molar-refractivity contribution in [3.05, 3.63) is 0 Å². The second-order valence-electron chi connectivity index (χ2n) is 6.00. The molecule has 0 amide bonds. The van der Waals surface area contributed by atoms with E-state index in [-0.39, 0.29) is 5.54 Å². The van der Waals surface area contributed by atoms with Crippen LogP contribution >= 0.6 is 0 Å². The molecule has 2 rings (SSSR count). The molecule has 0 aliphatic heterocycles. The summed E-state index contributed by atoms with van der Waals surface area (Å²) in [5.41, 5.74) is 6.30. The molecular weight excluding hydrogens is 184 g/mol. The van der Waals surface area contributed by atoms with Gasteiger partial charge in [-0.05, 0) is 37.5 Å². The molecule has 2 heteroatoms. The fourth-order valence-electron chi connectivity index (χ4n) is 3.01. The Kier molecular flexibility index (Phi) is 3.36. The normalized spacial score (nSPS) is 37.2. The number of rotatable bonds is 4. The zero-order valence-electron chi connectivity index (χ0n) is 10.3. The number of nitrogens with two attached hydrogens (primary N) is 1. The Morgan fingerprint density at radius 3 is 2.60 bits per heavy atom. The molecule has 2 atom stereocenters. The first kappa shape index (κ1) is 11.4. The van der Waals surface area contributed by atoms with Crippen LogP contribution < -0.4 is 11.1 Å². The van der Waals surface area contributed by atoms with Crippen molar-refractivity contribution in [2.24, 2.45) is 17.6 Å². The van der Waals surface area contributed by atoms with Gasteiger partial charge >= 0.3 is 0 Å². The van der Waals surface area contributed by atoms with Crippen molar-refractivity contribution in [3.63, 3.8) is 0 Å². The maximum absolute atomic E-state index is 6.01. The number of nitrogens with one attached hydrogen (secondary N) is 1. The third kappa shape index (κ3) is 2.73. The fraction of sp³-hybridized carbons (Fsp3) is 1.00. The molecular formula is C13H26N2. The van der Waals surface area contributed by atoms with Gasteiger partial charge in [0, 0.05) is 18.1 Å². The molecule has 0 saturated heterocycles. The first-order chi connectivity index (χ1) is 7.15. The molecule has 0 bridgehead atoms. The minimum atomic E-state index is 0.286. The lowest BCUT2D eigenvalue weighted by Gasteiger charge is -2.42. The zero-order chi connectivity index (χ0) is 10.9. The van der Waals surface area contributed by atoms with Crippen LogP contribution in [0.5, 0.6) is 0 Å². The SMILES string of the molecule is CC(C)C1CCCC(CN)(NC2CC2)C1. The van der Waals surface area contributed by atoms with Gasteiger partial charge in [-0.1, -0.05) is 26.7 Å². The summed E-state index contributed by atoms with van der Waals surface area (Å²) in [6, 6.07) is 0.791. The van der Waals surface area contributed by atoms with Gasteiger partial charge in [-0.15, -0.1) is 0 Å². The summed E-state index contributed by atoms with van der Waals surface area (Å²) in [6.07, 6.45) is 8.11. The monoisotopic (exact) mass is 210 g/mol. The molecule has 0 heterocycles. The van der Waals surface area contributed by atoms with E-state index >= 15 is 0 Å². The first-order valence-corrected chi connectivity index (χ1v) is 6.63. The van der Waals surface area contributed by atoms with E-state index in [4.69, 9.17) is 5.73 Å². The number of hydrogen-bond acceptors (Lipinski definition) is 2. The Morgan fingerprint density at radius 1 is 1.33 bits per heavy atom. The van der Waals surface area contributed by atoms with E-state index in [1.807, 2.05) is 0 Å². The van der Waals surface area contributed by atoms with Gasteiger partial charge in [-0.2, -0.15) is 0 Å². The van der Waals surface area contributed by atoms with E-state index in [0.717, 1.165) is 24.4 Å². The highest BCUT2D eigenvalue weighted by Gasteiger charge is 2.39. The lowest BCUT2D eigenvalue weighted by atomic mass is 9.71. The van der Waals surface area contributed by atoms with E-state index in [0.29, 0.717) is 0 Å². The molecule has 0 spiro atoms. The summed E-state index contributed by atoms with van der Waals surface area (Å²) >= 11 is 0. The average Bonchev–Trinajstić information content (AvgIpc) is 3.02. The van der Waals surface area contributed by atoms with E-state index in [1.54, 1.807) is 0 Å². The van der Waals surface area contributed by atoms with Gasteiger partial charge in [0.05, 0.1) is 0 Å². The smallest absolute Gasteiger partial charge is 0.0309 e. The molecule has 0 aromatic heterocycles. The van der Waals surface area contributed by atoms with Crippen LogP contribution in [0.2, 0.25) is 0 Å². The summed E-state index contributed by atoms with van der Waals surface area (Å²) < 4.78 is 0. The summed E-state index contributed by atoms with van der Waals surface area (Å²) in [6.45, 7) is 5.54. The zero-order valence-corrected chi connectivity index (χ0v) is 10.3. The summed E-state index contributed by atoms with van der Waals surface area (Å²) in [7, 11) is 0. The minimum absolute atomic E-state index is 0.286. The average molecular weight is 210 g/mol. The highest BCUT2D eigenvalue weighted by molar-refractivity contribution is 4.99.